The molecule has 0 bridgehead atoms. The van der Waals surface area contributed by atoms with Crippen LogP contribution in [0, 0.1) is 18.6 Å². The van der Waals surface area contributed by atoms with Crippen molar-refractivity contribution in [2.24, 2.45) is 0 Å². The fourth-order valence-corrected chi connectivity index (χ4v) is 3.93. The number of hydrogen-bond acceptors (Lipinski definition) is 5. The normalized spacial score (nSPS) is 16.7. The maximum Gasteiger partial charge on any atom is 0.345 e. The molecule has 1 aromatic carbocycles. The van der Waals surface area contributed by atoms with Crippen LogP contribution in [0.15, 0.2) is 23.0 Å². The molecule has 1 N–H and O–H groups in total. The van der Waals surface area contributed by atoms with Crippen LogP contribution >= 0.6 is 0 Å². The van der Waals surface area contributed by atoms with Crippen LogP contribution in [0.2, 0.25) is 0 Å². The molecule has 1 aliphatic heterocycles. The monoisotopic (exact) mass is 416 g/mol. The lowest BCUT2D eigenvalue weighted by atomic mass is 10.1. The summed E-state index contributed by atoms with van der Waals surface area (Å²) < 4.78 is 31.3. The van der Waals surface area contributed by atoms with Crippen molar-refractivity contribution in [1.82, 2.24) is 24.2 Å². The van der Waals surface area contributed by atoms with Crippen molar-refractivity contribution in [1.29, 1.82) is 0 Å². The number of likely N-dealkylation sites (N-methyl/N-ethyl adjacent to an activating group) is 1. The molecule has 0 radical (unpaired) electrons. The third-order valence-electron chi connectivity index (χ3n) is 5.50. The summed E-state index contributed by atoms with van der Waals surface area (Å²) in [6, 6.07) is 4.01. The van der Waals surface area contributed by atoms with Crippen LogP contribution in [0.3, 0.4) is 0 Å². The van der Waals surface area contributed by atoms with Gasteiger partial charge in [-0.2, -0.15) is 5.10 Å². The summed E-state index contributed by atoms with van der Waals surface area (Å²) in [6.45, 7) is 3.65. The number of pyridine rings is 1. The molecule has 1 atom stereocenters. The highest BCUT2D eigenvalue weighted by Crippen LogP contribution is 2.28. The van der Waals surface area contributed by atoms with Gasteiger partial charge in [0.1, 0.15) is 17.2 Å². The lowest BCUT2D eigenvalue weighted by Crippen LogP contribution is -2.30. The Kier molecular flexibility index (Phi) is 5.55. The van der Waals surface area contributed by atoms with E-state index in [1.807, 2.05) is 19.0 Å². The third kappa shape index (κ3) is 4.07. The van der Waals surface area contributed by atoms with Crippen LogP contribution in [0.4, 0.5) is 14.5 Å². The summed E-state index contributed by atoms with van der Waals surface area (Å²) in [6.07, 6.45) is 2.14. The van der Waals surface area contributed by atoms with Gasteiger partial charge in [0.2, 0.25) is 0 Å². The number of halogens is 2. The predicted molar refractivity (Wildman–Crippen MR) is 112 cm³/mol. The SMILES string of the molecule is Cc1cc(NC2CCc3nn(CCN(C)C)c(=O)n3CC2)c2cc(F)cc(F)c2n1. The molecule has 0 amide bonds. The van der Waals surface area contributed by atoms with Crippen molar-refractivity contribution >= 4 is 16.6 Å². The fourth-order valence-electron chi connectivity index (χ4n) is 3.93. The van der Waals surface area contributed by atoms with Gasteiger partial charge in [-0.15, -0.1) is 0 Å². The van der Waals surface area contributed by atoms with E-state index < -0.39 is 11.6 Å². The quantitative estimate of drug-likeness (QED) is 0.693. The van der Waals surface area contributed by atoms with Gasteiger partial charge in [-0.3, -0.25) is 4.57 Å². The molecule has 3 aromatic rings. The van der Waals surface area contributed by atoms with Crippen LogP contribution in [0.1, 0.15) is 24.4 Å². The van der Waals surface area contributed by atoms with Crippen molar-refractivity contribution in [3.63, 3.8) is 0 Å². The molecule has 1 unspecified atom stereocenters. The minimum atomic E-state index is -0.670. The molecule has 7 nitrogen and oxygen atoms in total. The predicted octanol–water partition coefficient (Wildman–Crippen LogP) is 2.56. The maximum absolute atomic E-state index is 14.2. The molecular formula is C21H26F2N6O. The summed E-state index contributed by atoms with van der Waals surface area (Å²) in [4.78, 5) is 18.9. The van der Waals surface area contributed by atoms with Crippen LogP contribution in [-0.4, -0.2) is 50.9 Å². The molecular weight excluding hydrogens is 390 g/mol. The number of hydrogen-bond donors (Lipinski definition) is 1. The molecule has 0 saturated heterocycles. The van der Waals surface area contributed by atoms with Crippen LogP contribution in [-0.2, 0) is 19.5 Å². The highest BCUT2D eigenvalue weighted by molar-refractivity contribution is 5.92. The van der Waals surface area contributed by atoms with Crippen molar-refractivity contribution in [3.05, 3.63) is 51.8 Å². The minimum absolute atomic E-state index is 0.0534. The second-order valence-electron chi connectivity index (χ2n) is 8.14. The summed E-state index contributed by atoms with van der Waals surface area (Å²) in [5.74, 6) is -0.514. The molecule has 0 fully saturated rings. The molecule has 1 aliphatic rings. The average Bonchev–Trinajstić information content (AvgIpc) is 2.84. The van der Waals surface area contributed by atoms with Gasteiger partial charge >= 0.3 is 5.69 Å². The van der Waals surface area contributed by atoms with Gasteiger partial charge in [-0.25, -0.2) is 23.2 Å². The summed E-state index contributed by atoms with van der Waals surface area (Å²) >= 11 is 0. The molecule has 0 spiro atoms. The Hall–Kier alpha value is -2.81. The van der Waals surface area contributed by atoms with E-state index in [4.69, 9.17) is 0 Å². The van der Waals surface area contributed by atoms with Gasteiger partial charge in [0.25, 0.3) is 0 Å². The molecule has 2 aromatic heterocycles. The standard InChI is InChI=1S/C21H26F2N6O/c1-13-10-18(16-11-14(22)12-17(23)20(16)24-13)25-15-4-5-19-26-29(9-8-27(2)3)21(30)28(19)7-6-15/h10-12,15H,4-9H2,1-3H3,(H,24,25). The Morgan fingerprint density at radius 3 is 2.80 bits per heavy atom. The Labute approximate surface area is 173 Å². The van der Waals surface area contributed by atoms with E-state index in [-0.39, 0.29) is 17.2 Å². The highest BCUT2D eigenvalue weighted by Gasteiger charge is 2.22. The first-order chi connectivity index (χ1) is 14.3. The molecule has 0 saturated carbocycles. The largest absolute Gasteiger partial charge is 0.382 e. The van der Waals surface area contributed by atoms with Gasteiger partial charge < -0.3 is 10.2 Å². The summed E-state index contributed by atoms with van der Waals surface area (Å²) in [5, 5.41) is 8.36. The van der Waals surface area contributed by atoms with Crippen molar-refractivity contribution < 1.29 is 8.78 Å². The average molecular weight is 416 g/mol. The highest BCUT2D eigenvalue weighted by atomic mass is 19.1. The van der Waals surface area contributed by atoms with Gasteiger partial charge in [-0.05, 0) is 46.0 Å². The summed E-state index contributed by atoms with van der Waals surface area (Å²) in [7, 11) is 3.93. The number of benzene rings is 1. The van der Waals surface area contributed by atoms with Gasteiger partial charge in [0.05, 0.1) is 6.54 Å². The zero-order valence-electron chi connectivity index (χ0n) is 17.5. The number of nitrogens with one attached hydrogen (secondary N) is 1. The molecule has 4 rings (SSSR count). The van der Waals surface area contributed by atoms with E-state index in [1.54, 1.807) is 17.6 Å². The Bertz CT molecular complexity index is 1140. The second-order valence-corrected chi connectivity index (χ2v) is 8.14. The van der Waals surface area contributed by atoms with Gasteiger partial charge in [0, 0.05) is 48.4 Å². The van der Waals surface area contributed by atoms with Crippen molar-refractivity contribution in [2.75, 3.05) is 26.0 Å². The molecule has 30 heavy (non-hydrogen) atoms. The molecule has 160 valence electrons. The first kappa shape index (κ1) is 20.5. The lowest BCUT2D eigenvalue weighted by molar-refractivity contribution is 0.367. The Morgan fingerprint density at radius 2 is 2.03 bits per heavy atom. The van der Waals surface area contributed by atoms with E-state index in [2.05, 4.69) is 15.4 Å². The number of fused-ring (bicyclic) bond motifs is 2. The number of aromatic nitrogens is 4. The fraction of sp³-hybridized carbons (Fsp3) is 0.476. The molecule has 0 aliphatic carbocycles. The van der Waals surface area contributed by atoms with Gasteiger partial charge in [0.15, 0.2) is 5.82 Å². The number of nitrogens with zero attached hydrogens (tertiary/aromatic N) is 5. The second kappa shape index (κ2) is 8.14. The first-order valence-corrected chi connectivity index (χ1v) is 10.2. The number of anilines is 1. The van der Waals surface area contributed by atoms with E-state index >= 15 is 0 Å². The molecule has 9 heteroatoms. The van der Waals surface area contributed by atoms with E-state index in [1.165, 1.54) is 10.7 Å². The van der Waals surface area contributed by atoms with E-state index in [0.29, 0.717) is 42.7 Å². The Morgan fingerprint density at radius 1 is 1.23 bits per heavy atom. The van der Waals surface area contributed by atoms with E-state index in [9.17, 15) is 13.6 Å². The minimum Gasteiger partial charge on any atom is -0.382 e. The smallest absolute Gasteiger partial charge is 0.345 e. The van der Waals surface area contributed by atoms with Gasteiger partial charge in [-0.1, -0.05) is 0 Å². The number of rotatable bonds is 5. The lowest BCUT2D eigenvalue weighted by Gasteiger charge is -2.19. The van der Waals surface area contributed by atoms with Crippen molar-refractivity contribution in [2.45, 2.75) is 45.3 Å². The topological polar surface area (TPSA) is 68.0 Å². The van der Waals surface area contributed by atoms with Crippen LogP contribution in [0.25, 0.3) is 10.9 Å². The van der Waals surface area contributed by atoms with E-state index in [0.717, 1.165) is 24.9 Å². The first-order valence-electron chi connectivity index (χ1n) is 10.2. The maximum atomic E-state index is 14.2. The summed E-state index contributed by atoms with van der Waals surface area (Å²) in [5.41, 5.74) is 1.38. The van der Waals surface area contributed by atoms with Crippen molar-refractivity contribution in [3.8, 4) is 0 Å². The third-order valence-corrected chi connectivity index (χ3v) is 5.50. The zero-order chi connectivity index (χ0) is 21.4. The van der Waals surface area contributed by atoms with Crippen LogP contribution in [0.5, 0.6) is 0 Å². The molecule has 3 heterocycles. The zero-order valence-corrected chi connectivity index (χ0v) is 17.5. The number of aryl methyl sites for hydroxylation is 2. The Balaban J connectivity index is 1.54. The van der Waals surface area contributed by atoms with Crippen LogP contribution < -0.4 is 11.0 Å².